The van der Waals surface area contributed by atoms with Crippen LogP contribution in [0.1, 0.15) is 30.4 Å². The number of hydrogen-bond acceptors (Lipinski definition) is 2. The second kappa shape index (κ2) is 7.66. The molecule has 3 N–H and O–H groups in total. The number of halogens is 1. The zero-order valence-electron chi connectivity index (χ0n) is 14.5. The Labute approximate surface area is 147 Å². The largest absolute Gasteiger partial charge is 0.380 e. The van der Waals surface area contributed by atoms with Gasteiger partial charge >= 0.3 is 0 Å². The van der Waals surface area contributed by atoms with Gasteiger partial charge in [0.2, 0.25) is 0 Å². The van der Waals surface area contributed by atoms with Crippen molar-refractivity contribution in [1.82, 2.24) is 0 Å². The number of hydrogen-bond donors (Lipinski definition) is 2. The third kappa shape index (κ3) is 3.99. The van der Waals surface area contributed by atoms with Gasteiger partial charge in [0.1, 0.15) is 5.82 Å². The fraction of sp³-hybridized carbons (Fsp3) is 0.350. The van der Waals surface area contributed by atoms with Gasteiger partial charge in [0, 0.05) is 23.8 Å². The number of nitrogens with one attached hydrogen (secondary N) is 1. The molecule has 1 saturated carbocycles. The number of nitrogens with two attached hydrogens (primary N) is 1. The van der Waals surface area contributed by atoms with Gasteiger partial charge in [0.15, 0.2) is 5.96 Å². The van der Waals surface area contributed by atoms with Gasteiger partial charge in [-0.2, -0.15) is 0 Å². The minimum Gasteiger partial charge on any atom is -0.380 e. The Morgan fingerprint density at radius 1 is 1.20 bits per heavy atom. The standard InChI is InChI=1S/C20H24FN3O/c1-25-13-15-5-2-3-6-18(15)24-19(22)23-14-20(11-4-12-20)16-7-9-17(21)10-8-16/h2-3,5-10H,4,11-14H2,1H3,(H3,22,23,24). The highest BCUT2D eigenvalue weighted by molar-refractivity contribution is 5.93. The fourth-order valence-corrected chi connectivity index (χ4v) is 3.28. The Balaban J connectivity index is 1.71. The summed E-state index contributed by atoms with van der Waals surface area (Å²) in [5, 5.41) is 3.16. The molecule has 0 amide bonds. The Morgan fingerprint density at radius 3 is 2.56 bits per heavy atom. The summed E-state index contributed by atoms with van der Waals surface area (Å²) in [7, 11) is 1.66. The minimum atomic E-state index is -0.211. The van der Waals surface area contributed by atoms with Crippen LogP contribution in [0.4, 0.5) is 10.1 Å². The average molecular weight is 341 g/mol. The summed E-state index contributed by atoms with van der Waals surface area (Å²) >= 11 is 0. The molecule has 1 aliphatic carbocycles. The van der Waals surface area contributed by atoms with Gasteiger partial charge in [0.05, 0.1) is 13.2 Å². The van der Waals surface area contributed by atoms with Crippen molar-refractivity contribution >= 4 is 11.6 Å². The molecule has 1 fully saturated rings. The van der Waals surface area contributed by atoms with E-state index in [1.165, 1.54) is 12.1 Å². The van der Waals surface area contributed by atoms with E-state index in [1.807, 2.05) is 36.4 Å². The highest BCUT2D eigenvalue weighted by atomic mass is 19.1. The van der Waals surface area contributed by atoms with Crippen LogP contribution in [0.5, 0.6) is 0 Å². The van der Waals surface area contributed by atoms with Crippen molar-refractivity contribution in [2.75, 3.05) is 19.0 Å². The molecule has 2 aromatic rings. The van der Waals surface area contributed by atoms with E-state index in [2.05, 4.69) is 10.3 Å². The molecule has 0 bridgehead atoms. The second-order valence-corrected chi connectivity index (χ2v) is 6.56. The topological polar surface area (TPSA) is 59.6 Å². The Bertz CT molecular complexity index is 739. The van der Waals surface area contributed by atoms with E-state index >= 15 is 0 Å². The number of benzene rings is 2. The number of nitrogens with zero attached hydrogens (tertiary/aromatic N) is 1. The number of para-hydroxylation sites is 1. The number of anilines is 1. The van der Waals surface area contributed by atoms with Crippen LogP contribution < -0.4 is 11.1 Å². The van der Waals surface area contributed by atoms with E-state index in [-0.39, 0.29) is 11.2 Å². The fourth-order valence-electron chi connectivity index (χ4n) is 3.28. The molecule has 0 aliphatic heterocycles. The lowest BCUT2D eigenvalue weighted by atomic mass is 9.64. The molecule has 0 saturated heterocycles. The van der Waals surface area contributed by atoms with E-state index in [1.54, 1.807) is 7.11 Å². The first-order valence-corrected chi connectivity index (χ1v) is 8.53. The van der Waals surface area contributed by atoms with Crippen molar-refractivity contribution in [2.45, 2.75) is 31.3 Å². The Morgan fingerprint density at radius 2 is 1.92 bits per heavy atom. The maximum Gasteiger partial charge on any atom is 0.193 e. The van der Waals surface area contributed by atoms with Gasteiger partial charge in [-0.1, -0.05) is 36.8 Å². The van der Waals surface area contributed by atoms with Gasteiger partial charge in [0.25, 0.3) is 0 Å². The highest BCUT2D eigenvalue weighted by Gasteiger charge is 2.38. The normalized spacial score (nSPS) is 16.3. The Kier molecular flexibility index (Phi) is 5.34. The van der Waals surface area contributed by atoms with Gasteiger partial charge in [-0.05, 0) is 36.6 Å². The molecule has 4 nitrogen and oxygen atoms in total. The highest BCUT2D eigenvalue weighted by Crippen LogP contribution is 2.44. The molecular formula is C20H24FN3O. The van der Waals surface area contributed by atoms with Crippen LogP contribution in [0.2, 0.25) is 0 Å². The summed E-state index contributed by atoms with van der Waals surface area (Å²) in [6.45, 7) is 1.11. The van der Waals surface area contributed by atoms with Crippen LogP contribution in [0.25, 0.3) is 0 Å². The summed E-state index contributed by atoms with van der Waals surface area (Å²) in [5.41, 5.74) is 9.14. The van der Waals surface area contributed by atoms with Crippen molar-refractivity contribution in [1.29, 1.82) is 0 Å². The lowest BCUT2D eigenvalue weighted by Crippen LogP contribution is -2.38. The second-order valence-electron chi connectivity index (χ2n) is 6.56. The minimum absolute atomic E-state index is 0.0218. The maximum absolute atomic E-state index is 13.2. The van der Waals surface area contributed by atoms with Crippen LogP contribution in [0.3, 0.4) is 0 Å². The average Bonchev–Trinajstić information content (AvgIpc) is 2.57. The van der Waals surface area contributed by atoms with Crippen LogP contribution >= 0.6 is 0 Å². The third-order valence-corrected chi connectivity index (χ3v) is 4.90. The molecule has 0 heterocycles. The SMILES string of the molecule is COCc1ccccc1NC(N)=NCC1(c2ccc(F)cc2)CCC1. The summed E-state index contributed by atoms with van der Waals surface area (Å²) in [5.74, 6) is 0.176. The smallest absolute Gasteiger partial charge is 0.193 e. The van der Waals surface area contributed by atoms with Gasteiger partial charge in [-0.3, -0.25) is 4.99 Å². The number of guanidine groups is 1. The van der Waals surface area contributed by atoms with Gasteiger partial charge < -0.3 is 15.8 Å². The molecule has 132 valence electrons. The van der Waals surface area contributed by atoms with Gasteiger partial charge in [-0.15, -0.1) is 0 Å². The number of aliphatic imine (C=N–C) groups is 1. The molecule has 0 radical (unpaired) electrons. The summed E-state index contributed by atoms with van der Waals surface area (Å²) in [4.78, 5) is 4.56. The van der Waals surface area contributed by atoms with Crippen molar-refractivity contribution in [3.63, 3.8) is 0 Å². The molecule has 1 aliphatic rings. The van der Waals surface area contributed by atoms with Gasteiger partial charge in [-0.25, -0.2) is 4.39 Å². The van der Waals surface area contributed by atoms with E-state index in [4.69, 9.17) is 10.5 Å². The zero-order chi connectivity index (χ0) is 17.7. The summed E-state index contributed by atoms with van der Waals surface area (Å²) in [6.07, 6.45) is 3.27. The first-order valence-electron chi connectivity index (χ1n) is 8.53. The maximum atomic E-state index is 13.2. The Hall–Kier alpha value is -2.40. The molecular weight excluding hydrogens is 317 g/mol. The van der Waals surface area contributed by atoms with Crippen LogP contribution in [-0.2, 0) is 16.8 Å². The number of rotatable bonds is 6. The van der Waals surface area contributed by atoms with E-state index in [0.717, 1.165) is 36.1 Å². The number of methoxy groups -OCH3 is 1. The summed E-state index contributed by atoms with van der Waals surface area (Å²) < 4.78 is 18.4. The predicted molar refractivity (Wildman–Crippen MR) is 99.2 cm³/mol. The van der Waals surface area contributed by atoms with E-state index in [0.29, 0.717) is 19.1 Å². The van der Waals surface area contributed by atoms with E-state index < -0.39 is 0 Å². The van der Waals surface area contributed by atoms with Crippen molar-refractivity contribution < 1.29 is 9.13 Å². The first kappa shape index (κ1) is 17.4. The molecule has 0 aromatic heterocycles. The van der Waals surface area contributed by atoms with E-state index in [9.17, 15) is 4.39 Å². The van der Waals surface area contributed by atoms with Crippen LogP contribution in [0.15, 0.2) is 53.5 Å². The summed E-state index contributed by atoms with van der Waals surface area (Å²) in [6, 6.07) is 14.6. The monoisotopic (exact) mass is 341 g/mol. The van der Waals surface area contributed by atoms with Crippen molar-refractivity contribution in [3.05, 3.63) is 65.5 Å². The molecule has 3 rings (SSSR count). The molecule has 25 heavy (non-hydrogen) atoms. The van der Waals surface area contributed by atoms with Crippen molar-refractivity contribution in [2.24, 2.45) is 10.7 Å². The van der Waals surface area contributed by atoms with Crippen molar-refractivity contribution in [3.8, 4) is 0 Å². The molecule has 0 spiro atoms. The lowest BCUT2D eigenvalue weighted by Gasteiger charge is -2.41. The quantitative estimate of drug-likeness (QED) is 0.620. The molecule has 0 atom stereocenters. The predicted octanol–water partition coefficient (Wildman–Crippen LogP) is 3.82. The first-order chi connectivity index (χ1) is 12.1. The van der Waals surface area contributed by atoms with Crippen LogP contribution in [0, 0.1) is 5.82 Å². The molecule has 5 heteroatoms. The zero-order valence-corrected chi connectivity index (χ0v) is 14.5. The van der Waals surface area contributed by atoms with Crippen LogP contribution in [-0.4, -0.2) is 19.6 Å². The molecule has 2 aromatic carbocycles. The molecule has 0 unspecified atom stereocenters. The lowest BCUT2D eigenvalue weighted by molar-refractivity contribution is 0.185. The number of ether oxygens (including phenoxy) is 1. The third-order valence-electron chi connectivity index (χ3n) is 4.90.